The van der Waals surface area contributed by atoms with Crippen LogP contribution < -0.4 is 0 Å². The van der Waals surface area contributed by atoms with Gasteiger partial charge in [0, 0.05) is 24.0 Å². The van der Waals surface area contributed by atoms with Gasteiger partial charge in [0.05, 0.1) is 16.9 Å². The third-order valence-electron chi connectivity index (χ3n) is 5.88. The van der Waals surface area contributed by atoms with Crippen molar-refractivity contribution in [3.8, 4) is 0 Å². The quantitative estimate of drug-likeness (QED) is 0.187. The highest BCUT2D eigenvalue weighted by molar-refractivity contribution is 8.00. The molecule has 0 bridgehead atoms. The van der Waals surface area contributed by atoms with Gasteiger partial charge in [-0.1, -0.05) is 32.6 Å². The van der Waals surface area contributed by atoms with Crippen LogP contribution in [0.15, 0.2) is 30.3 Å². The van der Waals surface area contributed by atoms with Gasteiger partial charge in [-0.2, -0.15) is 0 Å². The van der Waals surface area contributed by atoms with Gasteiger partial charge in [0.25, 0.3) is 5.69 Å². The molecule has 31 heavy (non-hydrogen) atoms. The summed E-state index contributed by atoms with van der Waals surface area (Å²) in [4.78, 5) is 38.0. The van der Waals surface area contributed by atoms with E-state index in [4.69, 9.17) is 4.74 Å². The number of esters is 1. The lowest BCUT2D eigenvalue weighted by Crippen LogP contribution is -2.48. The highest BCUT2D eigenvalue weighted by Gasteiger charge is 2.45. The van der Waals surface area contributed by atoms with Crippen LogP contribution in [0.1, 0.15) is 57.4 Å². The fraction of sp³-hybridized carbons (Fsp3) is 0.565. The van der Waals surface area contributed by atoms with E-state index in [0.29, 0.717) is 23.8 Å². The van der Waals surface area contributed by atoms with E-state index in [1.54, 1.807) is 34.9 Å². The van der Waals surface area contributed by atoms with E-state index < -0.39 is 11.0 Å². The van der Waals surface area contributed by atoms with Crippen LogP contribution in [-0.4, -0.2) is 45.5 Å². The number of nitro benzene ring substituents is 1. The summed E-state index contributed by atoms with van der Waals surface area (Å²) in [5.41, 5.74) is 0.703. The van der Waals surface area contributed by atoms with Crippen molar-refractivity contribution in [3.05, 3.63) is 46.0 Å². The summed E-state index contributed by atoms with van der Waals surface area (Å²) in [6, 6.07) is 5.47. The van der Waals surface area contributed by atoms with Crippen molar-refractivity contribution in [1.82, 2.24) is 4.90 Å². The molecule has 8 heteroatoms. The molecule has 1 aromatic rings. The minimum atomic E-state index is -0.567. The minimum Gasteiger partial charge on any atom is -0.464 e. The zero-order chi connectivity index (χ0) is 22.2. The van der Waals surface area contributed by atoms with Crippen molar-refractivity contribution in [2.45, 2.75) is 63.3 Å². The van der Waals surface area contributed by atoms with Gasteiger partial charge < -0.3 is 9.64 Å². The second-order valence-electron chi connectivity index (χ2n) is 8.09. The Labute approximate surface area is 187 Å². The van der Waals surface area contributed by atoms with Gasteiger partial charge in [0.15, 0.2) is 0 Å². The number of ether oxygens (including phenoxy) is 1. The molecule has 2 unspecified atom stereocenters. The monoisotopic (exact) mass is 446 g/mol. The highest BCUT2D eigenvalue weighted by atomic mass is 32.2. The molecular formula is C23H30N2O5S. The highest BCUT2D eigenvalue weighted by Crippen LogP contribution is 2.41. The second-order valence-corrected chi connectivity index (χ2v) is 9.24. The summed E-state index contributed by atoms with van der Waals surface area (Å²) in [5, 5.41) is 10.8. The molecule has 3 rings (SSSR count). The largest absolute Gasteiger partial charge is 0.464 e. The predicted molar refractivity (Wildman–Crippen MR) is 121 cm³/mol. The van der Waals surface area contributed by atoms with Crippen LogP contribution in [0.5, 0.6) is 0 Å². The van der Waals surface area contributed by atoms with E-state index >= 15 is 0 Å². The summed E-state index contributed by atoms with van der Waals surface area (Å²) in [6.07, 6.45) is 10.6. The van der Waals surface area contributed by atoms with Crippen LogP contribution in [0.4, 0.5) is 5.69 Å². The summed E-state index contributed by atoms with van der Waals surface area (Å²) in [6.45, 7) is 2.42. The van der Waals surface area contributed by atoms with Crippen LogP contribution in [0.2, 0.25) is 0 Å². The molecule has 2 aliphatic rings. The fourth-order valence-corrected chi connectivity index (χ4v) is 5.78. The van der Waals surface area contributed by atoms with E-state index in [9.17, 15) is 19.7 Å². The zero-order valence-electron chi connectivity index (χ0n) is 17.9. The molecule has 0 N–H and O–H groups in total. The fourth-order valence-electron chi connectivity index (χ4n) is 4.14. The van der Waals surface area contributed by atoms with Crippen molar-refractivity contribution in [3.63, 3.8) is 0 Å². The molecule has 0 spiro atoms. The summed E-state index contributed by atoms with van der Waals surface area (Å²) in [7, 11) is 0. The number of thioether (sulfide) groups is 1. The van der Waals surface area contributed by atoms with Crippen molar-refractivity contribution in [1.29, 1.82) is 0 Å². The van der Waals surface area contributed by atoms with Crippen molar-refractivity contribution in [2.75, 3.05) is 12.4 Å². The van der Waals surface area contributed by atoms with E-state index in [1.807, 2.05) is 6.92 Å². The first-order valence-electron chi connectivity index (χ1n) is 11.0. The maximum absolute atomic E-state index is 13.2. The minimum absolute atomic E-state index is 0.00618. The van der Waals surface area contributed by atoms with Crippen LogP contribution in [0.25, 0.3) is 6.08 Å². The Balaban J connectivity index is 1.75. The lowest BCUT2D eigenvalue weighted by molar-refractivity contribution is -0.384. The van der Waals surface area contributed by atoms with Gasteiger partial charge in [0.2, 0.25) is 5.91 Å². The first-order valence-corrected chi connectivity index (χ1v) is 12.1. The maximum atomic E-state index is 13.2. The molecule has 1 saturated carbocycles. The Morgan fingerprint density at radius 1 is 1.23 bits per heavy atom. The predicted octanol–water partition coefficient (Wildman–Crippen LogP) is 4.80. The molecule has 168 valence electrons. The third-order valence-corrected chi connectivity index (χ3v) is 7.34. The molecular weight excluding hydrogens is 416 g/mol. The molecule has 7 nitrogen and oxygen atoms in total. The number of nitro groups is 1. The van der Waals surface area contributed by atoms with Gasteiger partial charge >= 0.3 is 5.97 Å². The van der Waals surface area contributed by atoms with Gasteiger partial charge in [-0.05, 0) is 49.0 Å². The average molecular weight is 447 g/mol. The van der Waals surface area contributed by atoms with Crippen LogP contribution in [0.3, 0.4) is 0 Å². The maximum Gasteiger partial charge on any atom is 0.329 e. The van der Waals surface area contributed by atoms with E-state index in [0.717, 1.165) is 38.5 Å². The summed E-state index contributed by atoms with van der Waals surface area (Å²) in [5.74, 6) is 0.417. The molecule has 1 aliphatic carbocycles. The number of hydrogen-bond donors (Lipinski definition) is 0. The molecule has 2 atom stereocenters. The first-order chi connectivity index (χ1) is 15.0. The molecule has 2 fully saturated rings. The third kappa shape index (κ3) is 6.09. The molecule has 0 aromatic heterocycles. The first kappa shape index (κ1) is 23.3. The number of carbonyl (C=O) groups excluding carboxylic acids is 2. The van der Waals surface area contributed by atoms with Gasteiger partial charge in [-0.3, -0.25) is 14.9 Å². The van der Waals surface area contributed by atoms with E-state index in [2.05, 4.69) is 0 Å². The Kier molecular flexibility index (Phi) is 8.51. The number of hydrogen-bond acceptors (Lipinski definition) is 6. The van der Waals surface area contributed by atoms with E-state index in [-0.39, 0.29) is 22.9 Å². The Hall–Kier alpha value is -2.35. The number of benzene rings is 1. The standard InChI is InChI=1S/C23H30N2O5S/c1-2-3-15-30-23(27)20-16-31-22(18-7-5-4-6-8-18)24(20)21(26)14-11-17-9-12-19(13-10-17)25(28)29/h9-14,18,20,22H,2-8,15-16H2,1H3/b14-11+. The average Bonchev–Trinajstić information content (AvgIpc) is 3.24. The van der Waals surface area contributed by atoms with Crippen LogP contribution in [0, 0.1) is 16.0 Å². The molecule has 1 aliphatic heterocycles. The van der Waals surface area contributed by atoms with Gasteiger partial charge in [-0.15, -0.1) is 11.8 Å². The van der Waals surface area contributed by atoms with Crippen LogP contribution >= 0.6 is 11.8 Å². The number of nitrogens with zero attached hydrogens (tertiary/aromatic N) is 2. The smallest absolute Gasteiger partial charge is 0.329 e. The van der Waals surface area contributed by atoms with E-state index in [1.165, 1.54) is 24.6 Å². The van der Waals surface area contributed by atoms with Crippen molar-refractivity contribution < 1.29 is 19.2 Å². The molecule has 0 radical (unpaired) electrons. The second kappa shape index (κ2) is 11.3. The Morgan fingerprint density at radius 2 is 1.94 bits per heavy atom. The summed E-state index contributed by atoms with van der Waals surface area (Å²) >= 11 is 1.68. The Bertz CT molecular complexity index is 805. The van der Waals surface area contributed by atoms with Crippen molar-refractivity contribution in [2.24, 2.45) is 5.92 Å². The van der Waals surface area contributed by atoms with Gasteiger partial charge in [-0.25, -0.2) is 4.79 Å². The molecule has 1 amide bonds. The Morgan fingerprint density at radius 3 is 2.58 bits per heavy atom. The lowest BCUT2D eigenvalue weighted by Gasteiger charge is -2.34. The number of rotatable bonds is 8. The normalized spacial score (nSPS) is 22.0. The number of amides is 1. The SMILES string of the molecule is CCCCOC(=O)C1CSC(C2CCCCC2)N1C(=O)/C=C/c1ccc([N+](=O)[O-])cc1. The molecule has 1 heterocycles. The van der Waals surface area contributed by atoms with Gasteiger partial charge in [0.1, 0.15) is 6.04 Å². The number of non-ortho nitro benzene ring substituents is 1. The summed E-state index contributed by atoms with van der Waals surface area (Å²) < 4.78 is 5.45. The van der Waals surface area contributed by atoms with Crippen molar-refractivity contribution >= 4 is 35.4 Å². The zero-order valence-corrected chi connectivity index (χ0v) is 18.7. The number of unbranched alkanes of at least 4 members (excludes halogenated alkanes) is 1. The van der Waals surface area contributed by atoms with Crippen LogP contribution in [-0.2, 0) is 14.3 Å². The molecule has 1 saturated heterocycles. The lowest BCUT2D eigenvalue weighted by atomic mass is 9.88. The number of carbonyl (C=O) groups is 2. The topological polar surface area (TPSA) is 89.8 Å². The molecule has 1 aromatic carbocycles.